The van der Waals surface area contributed by atoms with Gasteiger partial charge >= 0.3 is 0 Å². The average molecular weight is 546 g/mol. The van der Waals surface area contributed by atoms with E-state index in [0.29, 0.717) is 29.6 Å². The number of nitrogens with zero attached hydrogens (tertiary/aromatic N) is 2. The van der Waals surface area contributed by atoms with E-state index < -0.39 is 0 Å². The Morgan fingerprint density at radius 2 is 1.74 bits per heavy atom. The number of likely N-dealkylation sites (tertiary alicyclic amines) is 1. The molecule has 1 N–H and O–H groups in total. The number of piperidine rings is 1. The summed E-state index contributed by atoms with van der Waals surface area (Å²) >= 11 is 7.40. The zero-order valence-corrected chi connectivity index (χ0v) is 22.6. The largest absolute Gasteiger partial charge is 0.484 e. The van der Waals surface area contributed by atoms with E-state index in [-0.39, 0.29) is 24.3 Å². The van der Waals surface area contributed by atoms with Gasteiger partial charge in [0, 0.05) is 40.7 Å². The molecule has 1 saturated heterocycles. The van der Waals surface area contributed by atoms with Crippen molar-refractivity contribution in [2.24, 2.45) is 0 Å². The normalized spacial score (nSPS) is 13.8. The molecule has 1 fully saturated rings. The third-order valence-corrected chi connectivity index (χ3v) is 7.92. The summed E-state index contributed by atoms with van der Waals surface area (Å²) in [5.74, 6) is 0.583. The van der Waals surface area contributed by atoms with Gasteiger partial charge in [0.1, 0.15) is 11.4 Å². The summed E-state index contributed by atoms with van der Waals surface area (Å²) < 4.78 is 5.60. The number of carbonyl (C=O) groups excluding carboxylic acids is 2. The van der Waals surface area contributed by atoms with Crippen LogP contribution < -0.4 is 10.1 Å². The van der Waals surface area contributed by atoms with Gasteiger partial charge in [0.25, 0.3) is 11.8 Å². The number of benzene rings is 3. The topological polar surface area (TPSA) is 71.5 Å². The van der Waals surface area contributed by atoms with Crippen molar-refractivity contribution in [3.05, 3.63) is 99.5 Å². The van der Waals surface area contributed by atoms with Crippen LogP contribution >= 0.6 is 22.9 Å². The van der Waals surface area contributed by atoms with Crippen molar-refractivity contribution in [3.8, 4) is 16.9 Å². The number of amides is 2. The lowest BCUT2D eigenvalue weighted by Crippen LogP contribution is -2.40. The molecule has 2 heterocycles. The molecule has 3 aromatic carbocycles. The molecule has 0 saturated carbocycles. The maximum absolute atomic E-state index is 13.1. The summed E-state index contributed by atoms with van der Waals surface area (Å²) in [4.78, 5) is 32.2. The maximum atomic E-state index is 13.1. The summed E-state index contributed by atoms with van der Waals surface area (Å²) in [6.07, 6.45) is 1.61. The van der Waals surface area contributed by atoms with Crippen LogP contribution in [0.4, 0.5) is 5.69 Å². The first kappa shape index (κ1) is 25.9. The van der Waals surface area contributed by atoms with Crippen molar-refractivity contribution in [3.63, 3.8) is 0 Å². The number of carbonyl (C=O) groups is 2. The molecular formula is C30H28ClN3O3S. The number of thiazole rings is 1. The molecule has 1 aliphatic rings. The standard InChI is InChI=1S/C30H28ClN3O3S/c1-20-6-8-21(9-7-20)25-4-2-3-5-26(25)32-29(36)27-19-38-30(33-27)22-14-16-34(17-15-22)28(35)18-37-24-12-10-23(31)11-13-24/h2-13,19,22H,14-18H2,1H3,(H,32,36). The second kappa shape index (κ2) is 11.8. The molecule has 0 spiro atoms. The predicted octanol–water partition coefficient (Wildman–Crippen LogP) is 6.81. The quantitative estimate of drug-likeness (QED) is 0.277. The Morgan fingerprint density at radius 3 is 2.47 bits per heavy atom. The fraction of sp³-hybridized carbons (Fsp3) is 0.233. The van der Waals surface area contributed by atoms with Crippen LogP contribution in [0.2, 0.25) is 5.02 Å². The van der Waals surface area contributed by atoms with Crippen molar-refractivity contribution in [1.82, 2.24) is 9.88 Å². The zero-order chi connectivity index (χ0) is 26.5. The van der Waals surface area contributed by atoms with E-state index in [0.717, 1.165) is 34.7 Å². The minimum absolute atomic E-state index is 0.00205. The minimum Gasteiger partial charge on any atom is -0.484 e. The lowest BCUT2D eigenvalue weighted by atomic mass is 9.97. The van der Waals surface area contributed by atoms with E-state index in [1.54, 1.807) is 24.3 Å². The molecule has 4 aromatic rings. The monoisotopic (exact) mass is 545 g/mol. The van der Waals surface area contributed by atoms with E-state index in [2.05, 4.69) is 41.5 Å². The van der Waals surface area contributed by atoms with Crippen LogP contribution in [0.5, 0.6) is 5.75 Å². The molecule has 8 heteroatoms. The van der Waals surface area contributed by atoms with Gasteiger partial charge in [-0.25, -0.2) is 4.98 Å². The Hall–Kier alpha value is -3.68. The Kier molecular flexibility index (Phi) is 8.05. The van der Waals surface area contributed by atoms with Crippen LogP contribution in [0.3, 0.4) is 0 Å². The van der Waals surface area contributed by atoms with Crippen molar-refractivity contribution in [1.29, 1.82) is 0 Å². The number of halogens is 1. The summed E-state index contributed by atoms with van der Waals surface area (Å²) in [5.41, 5.74) is 4.37. The number of hydrogen-bond donors (Lipinski definition) is 1. The fourth-order valence-corrected chi connectivity index (χ4v) is 5.58. The minimum atomic E-state index is -0.223. The smallest absolute Gasteiger partial charge is 0.275 e. The van der Waals surface area contributed by atoms with Gasteiger partial charge in [-0.05, 0) is 55.7 Å². The molecule has 6 nitrogen and oxygen atoms in total. The lowest BCUT2D eigenvalue weighted by Gasteiger charge is -2.31. The van der Waals surface area contributed by atoms with Crippen molar-refractivity contribution in [2.45, 2.75) is 25.7 Å². The number of anilines is 1. The van der Waals surface area contributed by atoms with E-state index >= 15 is 0 Å². The molecule has 0 radical (unpaired) electrons. The number of aryl methyl sites for hydroxylation is 1. The summed E-state index contributed by atoms with van der Waals surface area (Å²) in [6.45, 7) is 3.32. The fourth-order valence-electron chi connectivity index (χ4n) is 4.49. The van der Waals surface area contributed by atoms with Crippen LogP contribution in [0.1, 0.15) is 39.8 Å². The number of ether oxygens (including phenoxy) is 1. The van der Waals surface area contributed by atoms with Crippen LogP contribution in [0.15, 0.2) is 78.2 Å². The Balaban J connectivity index is 1.16. The van der Waals surface area contributed by atoms with Gasteiger partial charge in [0.05, 0.1) is 5.01 Å². The molecule has 0 aliphatic carbocycles. The third kappa shape index (κ3) is 6.23. The van der Waals surface area contributed by atoms with Gasteiger partial charge in [-0.3, -0.25) is 9.59 Å². The molecule has 0 bridgehead atoms. The van der Waals surface area contributed by atoms with Gasteiger partial charge in [-0.2, -0.15) is 0 Å². The van der Waals surface area contributed by atoms with Crippen LogP contribution in [0.25, 0.3) is 11.1 Å². The second-order valence-corrected chi connectivity index (χ2v) is 10.7. The van der Waals surface area contributed by atoms with Crippen LogP contribution in [-0.4, -0.2) is 41.4 Å². The summed E-state index contributed by atoms with van der Waals surface area (Å²) in [6, 6.07) is 23.0. The molecule has 38 heavy (non-hydrogen) atoms. The van der Waals surface area contributed by atoms with Gasteiger partial charge in [-0.1, -0.05) is 59.6 Å². The molecule has 194 valence electrons. The number of rotatable bonds is 7. The van der Waals surface area contributed by atoms with E-state index in [4.69, 9.17) is 16.3 Å². The first-order valence-corrected chi connectivity index (χ1v) is 13.8. The van der Waals surface area contributed by atoms with Gasteiger partial charge < -0.3 is 15.0 Å². The van der Waals surface area contributed by atoms with Crippen molar-refractivity contribution >= 4 is 40.4 Å². The van der Waals surface area contributed by atoms with Crippen LogP contribution in [-0.2, 0) is 4.79 Å². The molecule has 2 amide bonds. The average Bonchev–Trinajstić information content (AvgIpc) is 3.44. The second-order valence-electron chi connectivity index (χ2n) is 9.33. The number of para-hydroxylation sites is 1. The third-order valence-electron chi connectivity index (χ3n) is 6.67. The van der Waals surface area contributed by atoms with E-state index in [9.17, 15) is 9.59 Å². The maximum Gasteiger partial charge on any atom is 0.275 e. The highest BCUT2D eigenvalue weighted by molar-refractivity contribution is 7.10. The van der Waals surface area contributed by atoms with Crippen molar-refractivity contribution < 1.29 is 14.3 Å². The Bertz CT molecular complexity index is 1410. The number of hydrogen-bond acceptors (Lipinski definition) is 5. The zero-order valence-electron chi connectivity index (χ0n) is 21.0. The highest BCUT2D eigenvalue weighted by Gasteiger charge is 2.26. The van der Waals surface area contributed by atoms with Gasteiger partial charge in [0.15, 0.2) is 6.61 Å². The van der Waals surface area contributed by atoms with E-state index in [1.165, 1.54) is 16.9 Å². The molecule has 0 atom stereocenters. The van der Waals surface area contributed by atoms with E-state index in [1.807, 2.05) is 34.5 Å². The molecule has 5 rings (SSSR count). The summed E-state index contributed by atoms with van der Waals surface area (Å²) in [7, 11) is 0. The molecule has 1 aliphatic heterocycles. The SMILES string of the molecule is Cc1ccc(-c2ccccc2NC(=O)c2csc(C3CCN(C(=O)COc4ccc(Cl)cc4)CC3)n2)cc1. The van der Waals surface area contributed by atoms with Crippen molar-refractivity contribution in [2.75, 3.05) is 25.0 Å². The first-order valence-electron chi connectivity index (χ1n) is 12.6. The first-order chi connectivity index (χ1) is 18.5. The lowest BCUT2D eigenvalue weighted by molar-refractivity contribution is -0.134. The van der Waals surface area contributed by atoms with Crippen LogP contribution in [0, 0.1) is 6.92 Å². The molecule has 1 aromatic heterocycles. The summed E-state index contributed by atoms with van der Waals surface area (Å²) in [5, 5.41) is 6.42. The Labute approximate surface area is 231 Å². The highest BCUT2D eigenvalue weighted by Crippen LogP contribution is 2.32. The van der Waals surface area contributed by atoms with Gasteiger partial charge in [-0.15, -0.1) is 11.3 Å². The number of aromatic nitrogens is 1. The number of nitrogens with one attached hydrogen (secondary N) is 1. The van der Waals surface area contributed by atoms with Gasteiger partial charge in [0.2, 0.25) is 0 Å². The molecular weight excluding hydrogens is 518 g/mol. The highest BCUT2D eigenvalue weighted by atomic mass is 35.5. The molecule has 0 unspecified atom stereocenters. The Morgan fingerprint density at radius 1 is 1.03 bits per heavy atom. The predicted molar refractivity (Wildman–Crippen MR) is 152 cm³/mol.